The SMILES string of the molecule is OC(CSC1CCCCC1)c1cccc(Cl)c1Cl. The molecule has 100 valence electrons. The molecule has 0 heterocycles. The van der Waals surface area contributed by atoms with E-state index in [1.165, 1.54) is 32.1 Å². The second kappa shape index (κ2) is 7.04. The van der Waals surface area contributed by atoms with Gasteiger partial charge in [0.05, 0.1) is 16.1 Å². The van der Waals surface area contributed by atoms with E-state index in [1.54, 1.807) is 6.07 Å². The lowest BCUT2D eigenvalue weighted by molar-refractivity contribution is 0.204. The zero-order valence-electron chi connectivity index (χ0n) is 10.2. The van der Waals surface area contributed by atoms with Crippen LogP contribution in [0.1, 0.15) is 43.8 Å². The van der Waals surface area contributed by atoms with Gasteiger partial charge < -0.3 is 5.11 Å². The number of hydrogen-bond acceptors (Lipinski definition) is 2. The van der Waals surface area contributed by atoms with E-state index in [9.17, 15) is 5.11 Å². The Balaban J connectivity index is 1.90. The van der Waals surface area contributed by atoms with Crippen molar-refractivity contribution in [2.75, 3.05) is 5.75 Å². The molecule has 0 saturated heterocycles. The van der Waals surface area contributed by atoms with Gasteiger partial charge in [-0.3, -0.25) is 0 Å². The van der Waals surface area contributed by atoms with E-state index in [4.69, 9.17) is 23.2 Å². The lowest BCUT2D eigenvalue weighted by Crippen LogP contribution is -2.11. The van der Waals surface area contributed by atoms with Gasteiger partial charge in [-0.25, -0.2) is 0 Å². The highest BCUT2D eigenvalue weighted by molar-refractivity contribution is 7.99. The van der Waals surface area contributed by atoms with Crippen LogP contribution in [0.5, 0.6) is 0 Å². The molecule has 4 heteroatoms. The minimum absolute atomic E-state index is 0.482. The van der Waals surface area contributed by atoms with E-state index in [2.05, 4.69) is 0 Å². The molecule has 0 spiro atoms. The standard InChI is InChI=1S/C14H18Cl2OS/c15-12-8-4-7-11(14(12)16)13(17)9-18-10-5-2-1-3-6-10/h4,7-8,10,13,17H,1-3,5-6,9H2. The minimum Gasteiger partial charge on any atom is -0.387 e. The highest BCUT2D eigenvalue weighted by Gasteiger charge is 2.18. The summed E-state index contributed by atoms with van der Waals surface area (Å²) in [4.78, 5) is 0. The lowest BCUT2D eigenvalue weighted by atomic mass is 10.0. The minimum atomic E-state index is -0.525. The number of benzene rings is 1. The van der Waals surface area contributed by atoms with Crippen LogP contribution in [0.15, 0.2) is 18.2 Å². The normalized spacial score (nSPS) is 18.8. The average molecular weight is 305 g/mol. The van der Waals surface area contributed by atoms with Crippen LogP contribution < -0.4 is 0 Å². The first-order valence-electron chi connectivity index (χ1n) is 6.42. The van der Waals surface area contributed by atoms with Crippen molar-refractivity contribution in [1.82, 2.24) is 0 Å². The third kappa shape index (κ3) is 3.80. The van der Waals surface area contributed by atoms with Crippen molar-refractivity contribution in [2.24, 2.45) is 0 Å². The predicted octanol–water partition coefficient (Wildman–Crippen LogP) is 5.09. The number of halogens is 2. The van der Waals surface area contributed by atoms with E-state index in [0.29, 0.717) is 21.0 Å². The van der Waals surface area contributed by atoms with Gasteiger partial charge in [0.15, 0.2) is 0 Å². The second-order valence-corrected chi connectivity index (χ2v) is 6.87. The Hall–Kier alpha value is 0.110. The predicted molar refractivity (Wildman–Crippen MR) is 80.8 cm³/mol. The molecule has 0 amide bonds. The number of aliphatic hydroxyl groups is 1. The summed E-state index contributed by atoms with van der Waals surface area (Å²) in [7, 11) is 0. The summed E-state index contributed by atoms with van der Waals surface area (Å²) in [6, 6.07) is 5.42. The molecular formula is C14H18Cl2OS. The van der Waals surface area contributed by atoms with Gasteiger partial charge >= 0.3 is 0 Å². The van der Waals surface area contributed by atoms with Gasteiger partial charge in [-0.15, -0.1) is 0 Å². The van der Waals surface area contributed by atoms with Crippen LogP contribution in [0.3, 0.4) is 0 Å². The van der Waals surface area contributed by atoms with Gasteiger partial charge in [0.25, 0.3) is 0 Å². The first kappa shape index (κ1) is 14.5. The monoisotopic (exact) mass is 304 g/mol. The maximum Gasteiger partial charge on any atom is 0.0895 e. The number of aliphatic hydroxyl groups excluding tert-OH is 1. The fourth-order valence-corrected chi connectivity index (χ4v) is 4.06. The molecule has 1 saturated carbocycles. The van der Waals surface area contributed by atoms with Crippen molar-refractivity contribution in [3.05, 3.63) is 33.8 Å². The fraction of sp³-hybridized carbons (Fsp3) is 0.571. The maximum atomic E-state index is 10.2. The smallest absolute Gasteiger partial charge is 0.0895 e. The first-order chi connectivity index (χ1) is 8.68. The molecule has 1 nitrogen and oxygen atoms in total. The van der Waals surface area contributed by atoms with Gasteiger partial charge in [0.1, 0.15) is 0 Å². The molecule has 1 unspecified atom stereocenters. The van der Waals surface area contributed by atoms with Gasteiger partial charge in [-0.2, -0.15) is 11.8 Å². The first-order valence-corrected chi connectivity index (χ1v) is 8.22. The zero-order valence-corrected chi connectivity index (χ0v) is 12.6. The molecule has 1 aliphatic rings. The van der Waals surface area contributed by atoms with Crippen LogP contribution in [-0.4, -0.2) is 16.1 Å². The van der Waals surface area contributed by atoms with E-state index in [-0.39, 0.29) is 0 Å². The fourth-order valence-electron chi connectivity index (χ4n) is 2.33. The van der Waals surface area contributed by atoms with Crippen molar-refractivity contribution < 1.29 is 5.11 Å². The second-order valence-electron chi connectivity index (χ2n) is 4.75. The Morgan fingerprint density at radius 1 is 1.22 bits per heavy atom. The lowest BCUT2D eigenvalue weighted by Gasteiger charge is -2.22. The quantitative estimate of drug-likeness (QED) is 0.836. The van der Waals surface area contributed by atoms with E-state index >= 15 is 0 Å². The zero-order chi connectivity index (χ0) is 13.0. The van der Waals surface area contributed by atoms with E-state index in [1.807, 2.05) is 23.9 Å². The van der Waals surface area contributed by atoms with Gasteiger partial charge in [-0.05, 0) is 18.9 Å². The highest BCUT2D eigenvalue weighted by atomic mass is 35.5. The number of thioether (sulfide) groups is 1. The summed E-state index contributed by atoms with van der Waals surface area (Å²) in [5, 5.41) is 11.9. The summed E-state index contributed by atoms with van der Waals surface area (Å²) in [5.74, 6) is 0.699. The van der Waals surface area contributed by atoms with Crippen LogP contribution in [-0.2, 0) is 0 Å². The Morgan fingerprint density at radius 2 is 1.94 bits per heavy atom. The average Bonchev–Trinajstić information content (AvgIpc) is 2.40. The summed E-state index contributed by atoms with van der Waals surface area (Å²) >= 11 is 13.9. The molecule has 0 bridgehead atoms. The maximum absolute atomic E-state index is 10.2. The van der Waals surface area contributed by atoms with Crippen molar-refractivity contribution >= 4 is 35.0 Å². The third-order valence-electron chi connectivity index (χ3n) is 3.38. The van der Waals surface area contributed by atoms with Crippen molar-refractivity contribution in [2.45, 2.75) is 43.5 Å². The van der Waals surface area contributed by atoms with Crippen molar-refractivity contribution in [3.63, 3.8) is 0 Å². The van der Waals surface area contributed by atoms with E-state index in [0.717, 1.165) is 5.56 Å². The van der Waals surface area contributed by atoms with E-state index < -0.39 is 6.10 Å². The molecule has 18 heavy (non-hydrogen) atoms. The molecule has 1 atom stereocenters. The molecule has 2 rings (SSSR count). The van der Waals surface area contributed by atoms with Crippen LogP contribution in [0.4, 0.5) is 0 Å². The largest absolute Gasteiger partial charge is 0.387 e. The van der Waals surface area contributed by atoms with Crippen LogP contribution in [0.2, 0.25) is 10.0 Å². The summed E-state index contributed by atoms with van der Waals surface area (Å²) in [6.07, 6.45) is 6.04. The third-order valence-corrected chi connectivity index (χ3v) is 5.67. The molecule has 0 aliphatic heterocycles. The summed E-state index contributed by atoms with van der Waals surface area (Å²) < 4.78 is 0. The Kier molecular flexibility index (Phi) is 5.68. The molecule has 0 radical (unpaired) electrons. The van der Waals surface area contributed by atoms with Crippen LogP contribution in [0, 0.1) is 0 Å². The topological polar surface area (TPSA) is 20.2 Å². The Labute approximate surface area is 123 Å². The molecular weight excluding hydrogens is 287 g/mol. The molecule has 1 aromatic rings. The number of hydrogen-bond donors (Lipinski definition) is 1. The molecule has 1 aromatic carbocycles. The van der Waals surface area contributed by atoms with Gasteiger partial charge in [0.2, 0.25) is 0 Å². The van der Waals surface area contributed by atoms with Crippen molar-refractivity contribution in [3.8, 4) is 0 Å². The molecule has 1 N–H and O–H groups in total. The molecule has 1 fully saturated rings. The summed E-state index contributed by atoms with van der Waals surface area (Å²) in [5.41, 5.74) is 0.743. The molecule has 1 aliphatic carbocycles. The van der Waals surface area contributed by atoms with Crippen molar-refractivity contribution in [1.29, 1.82) is 0 Å². The van der Waals surface area contributed by atoms with Gasteiger partial charge in [-0.1, -0.05) is 54.6 Å². The van der Waals surface area contributed by atoms with Gasteiger partial charge in [0, 0.05) is 16.6 Å². The van der Waals surface area contributed by atoms with Crippen LogP contribution >= 0.6 is 35.0 Å². The molecule has 0 aromatic heterocycles. The highest BCUT2D eigenvalue weighted by Crippen LogP contribution is 2.34. The number of rotatable bonds is 4. The Morgan fingerprint density at radius 3 is 2.67 bits per heavy atom. The van der Waals surface area contributed by atoms with Crippen LogP contribution in [0.25, 0.3) is 0 Å². The summed E-state index contributed by atoms with van der Waals surface area (Å²) in [6.45, 7) is 0. The Bertz CT molecular complexity index is 391.